The summed E-state index contributed by atoms with van der Waals surface area (Å²) in [5.74, 6) is -0.259. The monoisotopic (exact) mass is 310 g/mol. The molecule has 0 radical (unpaired) electrons. The van der Waals surface area contributed by atoms with Crippen LogP contribution in [0, 0.1) is 18.3 Å². The van der Waals surface area contributed by atoms with Crippen LogP contribution in [0.4, 0.5) is 0 Å². The summed E-state index contributed by atoms with van der Waals surface area (Å²) in [5.41, 5.74) is 3.81. The minimum absolute atomic E-state index is 0.0951. The molecule has 0 amide bonds. The van der Waals surface area contributed by atoms with Gasteiger partial charge in [0.2, 0.25) is 0 Å². The number of nitrogens with zero attached hydrogens (tertiary/aromatic N) is 4. The third kappa shape index (κ3) is 2.14. The van der Waals surface area contributed by atoms with E-state index in [2.05, 4.69) is 9.97 Å². The summed E-state index contributed by atoms with van der Waals surface area (Å²) in [7, 11) is 0. The minimum atomic E-state index is -0.164. The molecule has 108 valence electrons. The fourth-order valence-corrected chi connectivity index (χ4v) is 2.69. The minimum Gasteiger partial charge on any atom is -0.310 e. The Morgan fingerprint density at radius 1 is 1.36 bits per heavy atom. The molecular formula is C16H11ClN4O. The number of fused-ring (bicyclic) bond motifs is 1. The number of pyridine rings is 2. The number of carbonyl (C=O) groups is 1. The first kappa shape index (κ1) is 14.2. The van der Waals surface area contributed by atoms with Gasteiger partial charge in [0.25, 0.3) is 0 Å². The van der Waals surface area contributed by atoms with E-state index in [1.54, 1.807) is 24.5 Å². The molecule has 0 saturated heterocycles. The van der Waals surface area contributed by atoms with Gasteiger partial charge in [-0.05, 0) is 31.2 Å². The van der Waals surface area contributed by atoms with Gasteiger partial charge in [0.05, 0.1) is 34.4 Å². The Hall–Kier alpha value is -2.71. The molecule has 0 aliphatic carbocycles. The zero-order valence-electron chi connectivity index (χ0n) is 11.7. The molecule has 0 N–H and O–H groups in total. The first-order chi connectivity index (χ1) is 10.7. The second-order valence-corrected chi connectivity index (χ2v) is 5.00. The molecule has 0 bridgehead atoms. The number of aromatic nitrogens is 3. The van der Waals surface area contributed by atoms with Crippen LogP contribution >= 0.6 is 11.6 Å². The van der Waals surface area contributed by atoms with E-state index in [9.17, 15) is 4.79 Å². The molecule has 3 heterocycles. The molecule has 3 aromatic rings. The third-order valence-electron chi connectivity index (χ3n) is 3.48. The second-order valence-electron chi connectivity index (χ2n) is 4.74. The van der Waals surface area contributed by atoms with E-state index in [4.69, 9.17) is 16.9 Å². The molecule has 5 nitrogen and oxygen atoms in total. The Morgan fingerprint density at radius 2 is 2.18 bits per heavy atom. The number of carbonyl (C=O) groups excluding carboxylic acids is 1. The number of rotatable bonds is 3. The van der Waals surface area contributed by atoms with Gasteiger partial charge in [0.1, 0.15) is 11.8 Å². The quantitative estimate of drug-likeness (QED) is 0.550. The summed E-state index contributed by atoms with van der Waals surface area (Å²) in [6, 6.07) is 9.11. The highest BCUT2D eigenvalue weighted by atomic mass is 35.5. The second kappa shape index (κ2) is 5.58. The fourth-order valence-electron chi connectivity index (χ4n) is 2.55. The van der Waals surface area contributed by atoms with Crippen molar-refractivity contribution in [1.82, 2.24) is 14.5 Å². The maximum Gasteiger partial charge on any atom is 0.181 e. The third-order valence-corrected chi connectivity index (χ3v) is 3.72. The summed E-state index contributed by atoms with van der Waals surface area (Å²) in [6.07, 6.45) is 3.25. The van der Waals surface area contributed by atoms with Gasteiger partial charge >= 0.3 is 0 Å². The Balaban J connectivity index is 2.32. The number of nitriles is 1. The Labute approximate surface area is 131 Å². The van der Waals surface area contributed by atoms with Crippen molar-refractivity contribution >= 4 is 28.4 Å². The van der Waals surface area contributed by atoms with Crippen LogP contribution in [0.2, 0.25) is 0 Å². The first-order valence-electron chi connectivity index (χ1n) is 6.59. The predicted molar refractivity (Wildman–Crippen MR) is 83.4 cm³/mol. The van der Waals surface area contributed by atoms with Crippen molar-refractivity contribution in [1.29, 1.82) is 5.26 Å². The van der Waals surface area contributed by atoms with Crippen LogP contribution in [0.1, 0.15) is 21.7 Å². The molecule has 0 aliphatic rings. The van der Waals surface area contributed by atoms with Gasteiger partial charge in [0, 0.05) is 11.9 Å². The number of hydrogen-bond acceptors (Lipinski definition) is 4. The van der Waals surface area contributed by atoms with Gasteiger partial charge in [-0.25, -0.2) is 4.98 Å². The SMILES string of the molecule is Cc1c(C(=O)CCl)c2ncccc2n1-c1ccc(C#N)nc1. The van der Waals surface area contributed by atoms with E-state index in [1.807, 2.05) is 29.7 Å². The maximum atomic E-state index is 12.1. The normalized spacial score (nSPS) is 10.6. The summed E-state index contributed by atoms with van der Waals surface area (Å²) < 4.78 is 1.90. The van der Waals surface area contributed by atoms with Gasteiger partial charge in [-0.15, -0.1) is 11.6 Å². The van der Waals surface area contributed by atoms with Crippen LogP contribution in [0.25, 0.3) is 16.7 Å². The number of halogens is 1. The van der Waals surface area contributed by atoms with Crippen molar-refractivity contribution in [3.05, 3.63) is 53.6 Å². The zero-order valence-corrected chi connectivity index (χ0v) is 12.5. The molecule has 3 rings (SSSR count). The van der Waals surface area contributed by atoms with Crippen LogP contribution in [0.3, 0.4) is 0 Å². The lowest BCUT2D eigenvalue weighted by Crippen LogP contribution is -2.04. The lowest BCUT2D eigenvalue weighted by atomic mass is 10.1. The van der Waals surface area contributed by atoms with Gasteiger partial charge in [-0.3, -0.25) is 9.78 Å². The van der Waals surface area contributed by atoms with Gasteiger partial charge in [-0.2, -0.15) is 5.26 Å². The van der Waals surface area contributed by atoms with Crippen molar-refractivity contribution in [3.63, 3.8) is 0 Å². The summed E-state index contributed by atoms with van der Waals surface area (Å²) in [5, 5.41) is 8.85. The van der Waals surface area contributed by atoms with Crippen molar-refractivity contribution in [2.45, 2.75) is 6.92 Å². The standard InChI is InChI=1S/C16H11ClN4O/c1-10-15(14(22)7-17)16-13(3-2-6-19-16)21(10)12-5-4-11(8-18)20-9-12/h2-6,9H,7H2,1H3. The van der Waals surface area contributed by atoms with Crippen molar-refractivity contribution in [3.8, 4) is 11.8 Å². The Kier molecular flexibility index (Phi) is 3.61. The van der Waals surface area contributed by atoms with Crippen molar-refractivity contribution < 1.29 is 4.79 Å². The molecule has 0 fully saturated rings. The van der Waals surface area contributed by atoms with Crippen LogP contribution in [-0.4, -0.2) is 26.2 Å². The van der Waals surface area contributed by atoms with E-state index in [-0.39, 0.29) is 11.7 Å². The predicted octanol–water partition coefficient (Wildman–Crippen LogP) is 3.02. The van der Waals surface area contributed by atoms with Gasteiger partial charge < -0.3 is 4.57 Å². The van der Waals surface area contributed by atoms with Gasteiger partial charge in [0.15, 0.2) is 5.78 Å². The molecule has 22 heavy (non-hydrogen) atoms. The fraction of sp³-hybridized carbons (Fsp3) is 0.125. The average Bonchev–Trinajstić information content (AvgIpc) is 2.86. The highest BCUT2D eigenvalue weighted by Crippen LogP contribution is 2.28. The van der Waals surface area contributed by atoms with Crippen LogP contribution in [-0.2, 0) is 0 Å². The summed E-state index contributed by atoms with van der Waals surface area (Å²) in [6.45, 7) is 1.85. The largest absolute Gasteiger partial charge is 0.310 e. The Morgan fingerprint density at radius 3 is 2.82 bits per heavy atom. The maximum absolute atomic E-state index is 12.1. The number of alkyl halides is 1. The topological polar surface area (TPSA) is 71.6 Å². The number of Topliss-reactive ketones (excluding diaryl/α,β-unsaturated/α-hetero) is 1. The zero-order chi connectivity index (χ0) is 15.7. The molecule has 0 saturated carbocycles. The lowest BCUT2D eigenvalue weighted by Gasteiger charge is -2.07. The highest BCUT2D eigenvalue weighted by molar-refractivity contribution is 6.32. The molecule has 6 heteroatoms. The molecular weight excluding hydrogens is 300 g/mol. The molecule has 3 aromatic heterocycles. The number of ketones is 1. The van der Waals surface area contributed by atoms with Crippen molar-refractivity contribution in [2.24, 2.45) is 0 Å². The average molecular weight is 311 g/mol. The molecule has 0 aliphatic heterocycles. The molecule has 0 atom stereocenters. The van der Waals surface area contributed by atoms with Crippen LogP contribution in [0.15, 0.2) is 36.7 Å². The van der Waals surface area contributed by atoms with Gasteiger partial charge in [-0.1, -0.05) is 0 Å². The molecule has 0 spiro atoms. The lowest BCUT2D eigenvalue weighted by molar-refractivity contribution is 0.102. The first-order valence-corrected chi connectivity index (χ1v) is 7.12. The molecule has 0 unspecified atom stereocenters. The van der Waals surface area contributed by atoms with E-state index in [0.29, 0.717) is 16.8 Å². The smallest absolute Gasteiger partial charge is 0.181 e. The highest BCUT2D eigenvalue weighted by Gasteiger charge is 2.21. The Bertz CT molecular complexity index is 906. The van der Waals surface area contributed by atoms with E-state index in [0.717, 1.165) is 16.9 Å². The van der Waals surface area contributed by atoms with Crippen molar-refractivity contribution in [2.75, 3.05) is 5.88 Å². The number of hydrogen-bond donors (Lipinski definition) is 0. The summed E-state index contributed by atoms with van der Waals surface area (Å²) >= 11 is 5.72. The van der Waals surface area contributed by atoms with E-state index in [1.165, 1.54) is 0 Å². The van der Waals surface area contributed by atoms with Crippen LogP contribution in [0.5, 0.6) is 0 Å². The van der Waals surface area contributed by atoms with E-state index >= 15 is 0 Å². The van der Waals surface area contributed by atoms with Crippen LogP contribution < -0.4 is 0 Å². The summed E-state index contributed by atoms with van der Waals surface area (Å²) in [4.78, 5) is 20.5. The molecule has 0 aromatic carbocycles. The van der Waals surface area contributed by atoms with E-state index < -0.39 is 0 Å².